The molecule has 0 radical (unpaired) electrons. The van der Waals surface area contributed by atoms with E-state index in [0.717, 1.165) is 69.6 Å². The second kappa shape index (κ2) is 44.0. The van der Waals surface area contributed by atoms with E-state index < -0.39 is 6.10 Å². The molecule has 0 aliphatic heterocycles. The number of esters is 3. The first-order valence-electron chi connectivity index (χ1n) is 25.2. The van der Waals surface area contributed by atoms with Crippen molar-refractivity contribution in [3.8, 4) is 0 Å². The molecule has 0 aliphatic carbocycles. The highest BCUT2D eigenvalue weighted by Crippen LogP contribution is 2.17. The van der Waals surface area contributed by atoms with E-state index in [9.17, 15) is 14.4 Å². The van der Waals surface area contributed by atoms with Crippen LogP contribution in [0.25, 0.3) is 0 Å². The van der Waals surface area contributed by atoms with E-state index in [1.165, 1.54) is 167 Å². The number of ether oxygens (including phenoxy) is 3. The Morgan fingerprint density at radius 3 is 0.860 bits per heavy atom. The zero-order valence-electron chi connectivity index (χ0n) is 39.0. The van der Waals surface area contributed by atoms with E-state index in [4.69, 9.17) is 14.2 Å². The van der Waals surface area contributed by atoms with Gasteiger partial charge in [-0.2, -0.15) is 0 Å². The Balaban J connectivity index is 4.24. The molecule has 0 unspecified atom stereocenters. The summed E-state index contributed by atoms with van der Waals surface area (Å²) in [4.78, 5) is 37.8. The Bertz CT molecular complexity index is 870. The molecule has 0 aromatic heterocycles. The van der Waals surface area contributed by atoms with Crippen molar-refractivity contribution in [2.45, 2.75) is 285 Å². The second-order valence-corrected chi connectivity index (χ2v) is 18.4. The predicted molar refractivity (Wildman–Crippen MR) is 243 cm³/mol. The first-order chi connectivity index (χ1) is 27.7. The van der Waals surface area contributed by atoms with Crippen molar-refractivity contribution in [3.63, 3.8) is 0 Å². The highest BCUT2D eigenvalue weighted by atomic mass is 16.6. The molecule has 6 nitrogen and oxygen atoms in total. The first-order valence-corrected chi connectivity index (χ1v) is 25.2. The quantitative estimate of drug-likeness (QED) is 0.0346. The fourth-order valence-corrected chi connectivity index (χ4v) is 7.64. The van der Waals surface area contributed by atoms with Gasteiger partial charge in [0.05, 0.1) is 0 Å². The lowest BCUT2D eigenvalue weighted by molar-refractivity contribution is -0.167. The third-order valence-electron chi connectivity index (χ3n) is 11.5. The van der Waals surface area contributed by atoms with E-state index in [-0.39, 0.29) is 31.1 Å². The number of hydrogen-bond donors (Lipinski definition) is 0. The van der Waals surface area contributed by atoms with E-state index >= 15 is 0 Å². The van der Waals surface area contributed by atoms with Gasteiger partial charge in [-0.05, 0) is 31.1 Å². The van der Waals surface area contributed by atoms with Gasteiger partial charge in [-0.1, -0.05) is 240 Å². The average Bonchev–Trinajstić information content (AvgIpc) is 3.18. The Labute approximate surface area is 355 Å². The molecular formula is C51H98O6. The fourth-order valence-electron chi connectivity index (χ4n) is 7.64. The van der Waals surface area contributed by atoms with Gasteiger partial charge in [-0.25, -0.2) is 0 Å². The molecule has 0 fully saturated rings. The number of unbranched alkanes of at least 4 members (excludes halogenated alkanes) is 30. The molecule has 0 heterocycles. The topological polar surface area (TPSA) is 78.9 Å². The molecule has 0 rings (SSSR count). The summed E-state index contributed by atoms with van der Waals surface area (Å²) >= 11 is 0. The van der Waals surface area contributed by atoms with Gasteiger partial charge >= 0.3 is 17.9 Å². The van der Waals surface area contributed by atoms with Crippen LogP contribution in [0.3, 0.4) is 0 Å². The van der Waals surface area contributed by atoms with Crippen LogP contribution < -0.4 is 0 Å². The van der Waals surface area contributed by atoms with Crippen LogP contribution in [0.15, 0.2) is 0 Å². The summed E-state index contributed by atoms with van der Waals surface area (Å²) in [5, 5.41) is 0. The van der Waals surface area contributed by atoms with Crippen LogP contribution in [0.4, 0.5) is 0 Å². The fraction of sp³-hybridized carbons (Fsp3) is 0.941. The molecule has 0 bridgehead atoms. The van der Waals surface area contributed by atoms with Gasteiger partial charge in [0.2, 0.25) is 0 Å². The average molecular weight is 807 g/mol. The molecular weight excluding hydrogens is 709 g/mol. The normalized spacial score (nSPS) is 12.1. The maximum absolute atomic E-state index is 12.7. The molecule has 0 aromatic rings. The largest absolute Gasteiger partial charge is 0.462 e. The van der Waals surface area contributed by atoms with Gasteiger partial charge in [0.1, 0.15) is 13.2 Å². The van der Waals surface area contributed by atoms with Crippen molar-refractivity contribution in [3.05, 3.63) is 0 Å². The van der Waals surface area contributed by atoms with Crippen molar-refractivity contribution in [1.29, 1.82) is 0 Å². The minimum absolute atomic E-state index is 0.0649. The first kappa shape index (κ1) is 55.4. The lowest BCUT2D eigenvalue weighted by atomic mass is 10.0. The van der Waals surface area contributed by atoms with Crippen LogP contribution in [-0.2, 0) is 28.6 Å². The minimum atomic E-state index is -0.761. The molecule has 0 aliphatic rings. The van der Waals surface area contributed by atoms with Crippen molar-refractivity contribution in [2.75, 3.05) is 13.2 Å². The van der Waals surface area contributed by atoms with Gasteiger partial charge in [-0.15, -0.1) is 0 Å². The third kappa shape index (κ3) is 45.3. The molecule has 0 spiro atoms. The Kier molecular flexibility index (Phi) is 42.7. The molecule has 0 amide bonds. The van der Waals surface area contributed by atoms with Crippen molar-refractivity contribution >= 4 is 17.9 Å². The monoisotopic (exact) mass is 807 g/mol. The van der Waals surface area contributed by atoms with Crippen molar-refractivity contribution in [2.24, 2.45) is 11.8 Å². The molecule has 0 aromatic carbocycles. The third-order valence-corrected chi connectivity index (χ3v) is 11.5. The molecule has 57 heavy (non-hydrogen) atoms. The highest BCUT2D eigenvalue weighted by Gasteiger charge is 2.19. The second-order valence-electron chi connectivity index (χ2n) is 18.4. The van der Waals surface area contributed by atoms with E-state index in [1.807, 2.05) is 0 Å². The van der Waals surface area contributed by atoms with E-state index in [2.05, 4.69) is 34.6 Å². The number of rotatable bonds is 45. The van der Waals surface area contributed by atoms with Crippen molar-refractivity contribution < 1.29 is 28.6 Å². The van der Waals surface area contributed by atoms with E-state index in [0.29, 0.717) is 19.3 Å². The molecule has 0 saturated carbocycles. The van der Waals surface area contributed by atoms with Gasteiger partial charge in [0.25, 0.3) is 0 Å². The standard InChI is InChI=1S/C51H98O6/c1-6-7-8-9-10-11-12-15-19-22-25-31-36-41-49(52)55-44-48(57-51(54)43-38-33-28-27-30-35-40-47(4)5)45-56-50(53)42-37-32-26-23-20-17-14-13-16-18-21-24-29-34-39-46(2)3/h46-48H,6-45H2,1-5H3/t48-/m0/s1. The van der Waals surface area contributed by atoms with E-state index in [1.54, 1.807) is 0 Å². The maximum Gasteiger partial charge on any atom is 0.306 e. The number of carbonyl (C=O) groups is 3. The highest BCUT2D eigenvalue weighted by molar-refractivity contribution is 5.71. The molecule has 1 atom stereocenters. The maximum atomic E-state index is 12.7. The molecule has 6 heteroatoms. The number of hydrogen-bond acceptors (Lipinski definition) is 6. The zero-order chi connectivity index (χ0) is 41.9. The summed E-state index contributed by atoms with van der Waals surface area (Å²) in [6.07, 6.45) is 43.9. The summed E-state index contributed by atoms with van der Waals surface area (Å²) in [7, 11) is 0. The van der Waals surface area contributed by atoms with Gasteiger partial charge in [0.15, 0.2) is 6.10 Å². The van der Waals surface area contributed by atoms with Crippen LogP contribution >= 0.6 is 0 Å². The predicted octanol–water partition coefficient (Wildman–Crippen LogP) is 16.1. The lowest BCUT2D eigenvalue weighted by Gasteiger charge is -2.18. The van der Waals surface area contributed by atoms with Crippen LogP contribution in [0.2, 0.25) is 0 Å². The van der Waals surface area contributed by atoms with Gasteiger partial charge in [0, 0.05) is 19.3 Å². The molecule has 0 saturated heterocycles. The van der Waals surface area contributed by atoms with Crippen molar-refractivity contribution in [1.82, 2.24) is 0 Å². The minimum Gasteiger partial charge on any atom is -0.462 e. The zero-order valence-corrected chi connectivity index (χ0v) is 39.0. The molecule has 0 N–H and O–H groups in total. The van der Waals surface area contributed by atoms with Gasteiger partial charge < -0.3 is 14.2 Å². The summed E-state index contributed by atoms with van der Waals surface area (Å²) in [5.74, 6) is 0.749. The van der Waals surface area contributed by atoms with Crippen LogP contribution in [-0.4, -0.2) is 37.2 Å². The summed E-state index contributed by atoms with van der Waals surface area (Å²) < 4.78 is 16.8. The van der Waals surface area contributed by atoms with Gasteiger partial charge in [-0.3, -0.25) is 14.4 Å². The lowest BCUT2D eigenvalue weighted by Crippen LogP contribution is -2.30. The Morgan fingerprint density at radius 2 is 0.579 bits per heavy atom. The Hall–Kier alpha value is -1.59. The van der Waals surface area contributed by atoms with Crippen LogP contribution in [0.1, 0.15) is 279 Å². The summed E-state index contributed by atoms with van der Waals surface area (Å²) in [5.41, 5.74) is 0. The summed E-state index contributed by atoms with van der Waals surface area (Å²) in [6.45, 7) is 11.3. The Morgan fingerprint density at radius 1 is 0.333 bits per heavy atom. The smallest absolute Gasteiger partial charge is 0.306 e. The molecule has 338 valence electrons. The van der Waals surface area contributed by atoms with Crippen LogP contribution in [0, 0.1) is 11.8 Å². The number of carbonyl (C=O) groups excluding carboxylic acids is 3. The van der Waals surface area contributed by atoms with Crippen LogP contribution in [0.5, 0.6) is 0 Å². The SMILES string of the molecule is CCCCCCCCCCCCCCCC(=O)OC[C@@H](COC(=O)CCCCCCCCCCCCCCCCC(C)C)OC(=O)CCCCCCCCC(C)C. The summed E-state index contributed by atoms with van der Waals surface area (Å²) in [6, 6.07) is 0.